The van der Waals surface area contributed by atoms with Crippen LogP contribution in [-0.2, 0) is 0 Å². The molecule has 6 rings (SSSR count). The summed E-state index contributed by atoms with van der Waals surface area (Å²) in [4.78, 5) is 0. The van der Waals surface area contributed by atoms with Crippen molar-refractivity contribution in [2.75, 3.05) is 14.2 Å². The lowest BCUT2D eigenvalue weighted by atomic mass is 10.1. The van der Waals surface area contributed by atoms with E-state index >= 15 is 0 Å². The zero-order valence-electron chi connectivity index (χ0n) is 24.3. The smallest absolute Gasteiger partial charge is 0.145 e. The van der Waals surface area contributed by atoms with Gasteiger partial charge in [-0.1, -0.05) is 157 Å². The zero-order chi connectivity index (χ0) is 30.5. The summed E-state index contributed by atoms with van der Waals surface area (Å²) in [5.74, 6) is 1.31. The van der Waals surface area contributed by atoms with Gasteiger partial charge in [0.25, 0.3) is 0 Å². The molecule has 0 radical (unpaired) electrons. The van der Waals surface area contributed by atoms with E-state index in [9.17, 15) is 0 Å². The maximum absolute atomic E-state index is 6.74. The largest absolute Gasteiger partial charge is 0.494 e. The van der Waals surface area contributed by atoms with Crippen molar-refractivity contribution in [1.82, 2.24) is 0 Å². The second kappa shape index (κ2) is 14.0. The minimum absolute atomic E-state index is 0.563. The highest BCUT2D eigenvalue weighted by Crippen LogP contribution is 2.46. The van der Waals surface area contributed by atoms with E-state index in [0.29, 0.717) is 21.5 Å². The number of halogens is 2. The van der Waals surface area contributed by atoms with Gasteiger partial charge in [-0.05, 0) is 60.3 Å². The van der Waals surface area contributed by atoms with Crippen LogP contribution in [0.15, 0.2) is 146 Å². The standard InChI is InChI=1S/C38H30Cl2O2P2/c1-41-37-31(39)21-13-25-35(37)44(36-26-14-22-32(40)38(36)42-2)34-24-12-10-20-30(34)29-19-9-11-23-33(29)43(27-15-5-3-6-16-27)28-17-7-4-8-18-28/h3-26H,1-2H3. The van der Waals surface area contributed by atoms with E-state index in [1.54, 1.807) is 14.2 Å². The van der Waals surface area contributed by atoms with Crippen molar-refractivity contribution in [3.8, 4) is 22.6 Å². The molecule has 0 aliphatic heterocycles. The van der Waals surface area contributed by atoms with Crippen LogP contribution in [0.2, 0.25) is 10.0 Å². The molecule has 6 heteroatoms. The average molecular weight is 652 g/mol. The first-order valence-corrected chi connectivity index (χ1v) is 17.6. The predicted molar refractivity (Wildman–Crippen MR) is 192 cm³/mol. The Morgan fingerprint density at radius 1 is 0.386 bits per heavy atom. The molecule has 0 amide bonds. The van der Waals surface area contributed by atoms with Gasteiger partial charge in [0.05, 0.1) is 24.3 Å². The van der Waals surface area contributed by atoms with Gasteiger partial charge in [0, 0.05) is 10.6 Å². The molecular weight excluding hydrogens is 621 g/mol. The third kappa shape index (κ3) is 6.01. The minimum atomic E-state index is -1.23. The fourth-order valence-corrected chi connectivity index (χ4v) is 11.4. The molecule has 6 aromatic rings. The summed E-state index contributed by atoms with van der Waals surface area (Å²) in [6.45, 7) is 0. The Bertz CT molecular complexity index is 1790. The van der Waals surface area contributed by atoms with Gasteiger partial charge in [-0.2, -0.15) is 0 Å². The monoisotopic (exact) mass is 650 g/mol. The molecule has 0 N–H and O–H groups in total. The summed E-state index contributed by atoms with van der Waals surface area (Å²) >= 11 is 13.5. The molecule has 0 saturated heterocycles. The average Bonchev–Trinajstić information content (AvgIpc) is 3.07. The van der Waals surface area contributed by atoms with E-state index in [0.717, 1.165) is 21.5 Å². The predicted octanol–water partition coefficient (Wildman–Crippen LogP) is 8.19. The van der Waals surface area contributed by atoms with E-state index in [-0.39, 0.29) is 0 Å². The normalized spacial score (nSPS) is 11.1. The molecule has 0 bridgehead atoms. The summed E-state index contributed by atoms with van der Waals surface area (Å²) in [7, 11) is 1.26. The maximum atomic E-state index is 6.74. The number of rotatable bonds is 9. The van der Waals surface area contributed by atoms with Gasteiger partial charge in [-0.3, -0.25) is 0 Å². The van der Waals surface area contributed by atoms with Gasteiger partial charge in [0.15, 0.2) is 0 Å². The molecule has 0 aromatic heterocycles. The first-order valence-electron chi connectivity index (χ1n) is 14.2. The van der Waals surface area contributed by atoms with Crippen LogP contribution in [0.1, 0.15) is 0 Å². The third-order valence-electron chi connectivity index (χ3n) is 7.39. The molecule has 0 unspecified atom stereocenters. The fraction of sp³-hybridized carbons (Fsp3) is 0.0526. The van der Waals surface area contributed by atoms with Gasteiger partial charge < -0.3 is 9.47 Å². The molecule has 2 nitrogen and oxygen atoms in total. The number of para-hydroxylation sites is 2. The lowest BCUT2D eigenvalue weighted by molar-refractivity contribution is 0.418. The summed E-state index contributed by atoms with van der Waals surface area (Å²) in [6, 6.07) is 50.9. The van der Waals surface area contributed by atoms with E-state index in [4.69, 9.17) is 32.7 Å². The van der Waals surface area contributed by atoms with Crippen LogP contribution in [0.4, 0.5) is 0 Å². The zero-order valence-corrected chi connectivity index (χ0v) is 27.6. The van der Waals surface area contributed by atoms with Crippen molar-refractivity contribution in [1.29, 1.82) is 0 Å². The highest BCUT2D eigenvalue weighted by molar-refractivity contribution is 7.81. The molecule has 0 atom stereocenters. The quantitative estimate of drug-likeness (QED) is 0.147. The highest BCUT2D eigenvalue weighted by Gasteiger charge is 2.29. The van der Waals surface area contributed by atoms with Gasteiger partial charge >= 0.3 is 0 Å². The molecule has 0 aliphatic rings. The molecular formula is C38H30Cl2O2P2. The Labute approximate surface area is 271 Å². The molecule has 6 aromatic carbocycles. The molecule has 0 spiro atoms. The second-order valence-electron chi connectivity index (χ2n) is 9.96. The Hall–Kier alpha value is -3.64. The van der Waals surface area contributed by atoms with Gasteiger partial charge in [-0.25, -0.2) is 0 Å². The van der Waals surface area contributed by atoms with Crippen LogP contribution in [0.5, 0.6) is 11.5 Å². The molecule has 0 saturated carbocycles. The molecule has 44 heavy (non-hydrogen) atoms. The van der Waals surface area contributed by atoms with Crippen LogP contribution in [0.3, 0.4) is 0 Å². The second-order valence-corrected chi connectivity index (χ2v) is 15.1. The number of hydrogen-bond donors (Lipinski definition) is 0. The lowest BCUT2D eigenvalue weighted by Gasteiger charge is -2.28. The van der Waals surface area contributed by atoms with Gasteiger partial charge in [-0.15, -0.1) is 0 Å². The first kappa shape index (κ1) is 30.4. The van der Waals surface area contributed by atoms with Crippen LogP contribution >= 0.6 is 39.0 Å². The van der Waals surface area contributed by atoms with Crippen molar-refractivity contribution < 1.29 is 9.47 Å². The lowest BCUT2D eigenvalue weighted by Crippen LogP contribution is -2.27. The summed E-state index contributed by atoms with van der Waals surface area (Å²) in [5, 5.41) is 8.16. The third-order valence-corrected chi connectivity index (χ3v) is 13.0. The van der Waals surface area contributed by atoms with Crippen LogP contribution in [0.25, 0.3) is 11.1 Å². The minimum Gasteiger partial charge on any atom is -0.494 e. The van der Waals surface area contributed by atoms with Crippen LogP contribution < -0.4 is 41.3 Å². The number of benzene rings is 6. The molecule has 218 valence electrons. The SMILES string of the molecule is COc1c(Cl)cccc1P(c1ccccc1-c1ccccc1P(c1ccccc1)c1ccccc1)c1cccc(Cl)c1OC. The Kier molecular flexibility index (Phi) is 9.66. The molecule has 0 fully saturated rings. The Morgan fingerprint density at radius 3 is 1.18 bits per heavy atom. The van der Waals surface area contributed by atoms with Crippen molar-refractivity contribution in [2.45, 2.75) is 0 Å². The van der Waals surface area contributed by atoms with Crippen molar-refractivity contribution >= 4 is 70.9 Å². The van der Waals surface area contributed by atoms with E-state index in [1.165, 1.54) is 21.5 Å². The Morgan fingerprint density at radius 2 is 0.750 bits per heavy atom. The van der Waals surface area contributed by atoms with Crippen molar-refractivity contribution in [3.05, 3.63) is 156 Å². The Balaban J connectivity index is 1.64. The highest BCUT2D eigenvalue weighted by atomic mass is 35.5. The van der Waals surface area contributed by atoms with E-state index in [1.807, 2.05) is 24.3 Å². The fourth-order valence-electron chi connectivity index (χ4n) is 5.51. The maximum Gasteiger partial charge on any atom is 0.145 e. The van der Waals surface area contributed by atoms with Crippen LogP contribution in [-0.4, -0.2) is 14.2 Å². The summed E-state index contributed by atoms with van der Waals surface area (Å²) in [6.07, 6.45) is 0. The van der Waals surface area contributed by atoms with Crippen molar-refractivity contribution in [2.24, 2.45) is 0 Å². The van der Waals surface area contributed by atoms with Crippen molar-refractivity contribution in [3.63, 3.8) is 0 Å². The van der Waals surface area contributed by atoms with E-state index < -0.39 is 15.8 Å². The summed E-state index contributed by atoms with van der Waals surface area (Å²) < 4.78 is 11.9. The number of ether oxygens (including phenoxy) is 2. The number of methoxy groups -OCH3 is 2. The van der Waals surface area contributed by atoms with Crippen LogP contribution in [0, 0.1) is 0 Å². The topological polar surface area (TPSA) is 18.5 Å². The molecule has 0 aliphatic carbocycles. The summed E-state index contributed by atoms with van der Waals surface area (Å²) in [5.41, 5.74) is 2.34. The van der Waals surface area contributed by atoms with E-state index in [2.05, 4.69) is 121 Å². The first-order chi connectivity index (χ1) is 21.6. The van der Waals surface area contributed by atoms with Gasteiger partial charge in [0.2, 0.25) is 0 Å². The molecule has 0 heterocycles. The van der Waals surface area contributed by atoms with Gasteiger partial charge in [0.1, 0.15) is 11.5 Å². The number of hydrogen-bond acceptors (Lipinski definition) is 2.